The third kappa shape index (κ3) is 5.06. The summed E-state index contributed by atoms with van der Waals surface area (Å²) >= 11 is 6.96. The molecule has 0 bridgehead atoms. The number of halogens is 1. The van der Waals surface area contributed by atoms with Crippen molar-refractivity contribution < 1.29 is 13.2 Å². The molecule has 0 unspecified atom stereocenters. The number of benzene rings is 2. The second-order valence-corrected chi connectivity index (χ2v) is 9.30. The Balaban J connectivity index is 1.71. The molecular weight excluding hydrogens is 434 g/mol. The number of para-hydroxylation sites is 1. The molecule has 2 N–H and O–H groups in total. The Bertz CT molecular complexity index is 1210. The van der Waals surface area contributed by atoms with Crippen molar-refractivity contribution in [1.29, 1.82) is 0 Å². The monoisotopic (exact) mass is 449 g/mol. The van der Waals surface area contributed by atoms with E-state index in [0.29, 0.717) is 10.7 Å². The van der Waals surface area contributed by atoms with Crippen molar-refractivity contribution in [2.45, 2.75) is 21.9 Å². The number of anilines is 1. The molecule has 0 saturated carbocycles. The van der Waals surface area contributed by atoms with Gasteiger partial charge >= 0.3 is 0 Å². The summed E-state index contributed by atoms with van der Waals surface area (Å²) in [6, 6.07) is 13.0. The predicted molar refractivity (Wildman–Crippen MR) is 112 cm³/mol. The SMILES string of the molecule is Cc1ccc(S(=O)(=O)c2cnc(SCC(=O)Nc3ccccc3Cl)[nH]c2=O)cc1. The highest BCUT2D eigenvalue weighted by atomic mass is 35.5. The number of H-pyrrole nitrogens is 1. The summed E-state index contributed by atoms with van der Waals surface area (Å²) in [5, 5.41) is 3.19. The molecule has 0 radical (unpaired) electrons. The minimum atomic E-state index is -3.99. The highest BCUT2D eigenvalue weighted by Gasteiger charge is 2.22. The molecule has 0 aliphatic heterocycles. The Kier molecular flexibility index (Phi) is 6.41. The van der Waals surface area contributed by atoms with Gasteiger partial charge in [-0.25, -0.2) is 13.4 Å². The third-order valence-corrected chi connectivity index (χ3v) is 6.83. The zero-order chi connectivity index (χ0) is 21.0. The maximum Gasteiger partial charge on any atom is 0.270 e. The number of rotatable bonds is 6. The first-order valence-electron chi connectivity index (χ1n) is 8.35. The number of carbonyl (C=O) groups excluding carboxylic acids is 1. The van der Waals surface area contributed by atoms with Crippen molar-refractivity contribution in [3.8, 4) is 0 Å². The Morgan fingerprint density at radius 3 is 2.52 bits per heavy atom. The van der Waals surface area contributed by atoms with E-state index in [-0.39, 0.29) is 21.7 Å². The van der Waals surface area contributed by atoms with Crippen molar-refractivity contribution in [2.24, 2.45) is 0 Å². The lowest BCUT2D eigenvalue weighted by Crippen LogP contribution is -2.20. The topological polar surface area (TPSA) is 109 Å². The van der Waals surface area contributed by atoms with Crippen LogP contribution in [0.4, 0.5) is 5.69 Å². The smallest absolute Gasteiger partial charge is 0.270 e. The van der Waals surface area contributed by atoms with Crippen LogP contribution in [0.2, 0.25) is 5.02 Å². The summed E-state index contributed by atoms with van der Waals surface area (Å²) in [6.07, 6.45) is 1.00. The molecule has 1 heterocycles. The number of nitrogens with zero attached hydrogens (tertiary/aromatic N) is 1. The van der Waals surface area contributed by atoms with E-state index in [2.05, 4.69) is 15.3 Å². The van der Waals surface area contributed by atoms with Crippen molar-refractivity contribution in [2.75, 3.05) is 11.1 Å². The van der Waals surface area contributed by atoms with Gasteiger partial charge in [-0.05, 0) is 31.2 Å². The van der Waals surface area contributed by atoms with Crippen LogP contribution in [0, 0.1) is 6.92 Å². The van der Waals surface area contributed by atoms with Crippen molar-refractivity contribution in [3.63, 3.8) is 0 Å². The van der Waals surface area contributed by atoms with E-state index in [1.807, 2.05) is 6.92 Å². The number of hydrogen-bond acceptors (Lipinski definition) is 6. The molecule has 29 heavy (non-hydrogen) atoms. The highest BCUT2D eigenvalue weighted by Crippen LogP contribution is 2.22. The van der Waals surface area contributed by atoms with E-state index in [1.165, 1.54) is 12.1 Å². The number of carbonyl (C=O) groups is 1. The molecule has 0 fully saturated rings. The lowest BCUT2D eigenvalue weighted by atomic mass is 10.2. The first-order chi connectivity index (χ1) is 13.8. The second-order valence-electron chi connectivity index (χ2n) is 6.01. The zero-order valence-corrected chi connectivity index (χ0v) is 17.6. The number of aryl methyl sites for hydroxylation is 1. The maximum absolute atomic E-state index is 12.6. The Morgan fingerprint density at radius 2 is 1.86 bits per heavy atom. The van der Waals surface area contributed by atoms with E-state index in [9.17, 15) is 18.0 Å². The first kappa shape index (κ1) is 21.1. The molecule has 0 aliphatic carbocycles. The average molecular weight is 450 g/mol. The van der Waals surface area contributed by atoms with E-state index >= 15 is 0 Å². The molecule has 0 saturated heterocycles. The van der Waals surface area contributed by atoms with Gasteiger partial charge in [0.2, 0.25) is 15.7 Å². The molecule has 1 aromatic heterocycles. The van der Waals surface area contributed by atoms with E-state index in [1.54, 1.807) is 36.4 Å². The van der Waals surface area contributed by atoms with Crippen LogP contribution in [-0.4, -0.2) is 30.0 Å². The molecule has 1 amide bonds. The molecule has 0 aliphatic rings. The minimum Gasteiger partial charge on any atom is -0.324 e. The maximum atomic E-state index is 12.6. The van der Waals surface area contributed by atoms with Crippen LogP contribution in [0.15, 0.2) is 74.5 Å². The fourth-order valence-corrected chi connectivity index (χ4v) is 4.41. The van der Waals surface area contributed by atoms with Gasteiger partial charge in [-0.1, -0.05) is 53.2 Å². The van der Waals surface area contributed by atoms with Crippen molar-refractivity contribution in [3.05, 3.63) is 75.7 Å². The molecule has 3 aromatic rings. The zero-order valence-electron chi connectivity index (χ0n) is 15.2. The molecule has 0 spiro atoms. The molecule has 150 valence electrons. The normalized spacial score (nSPS) is 11.2. The number of amides is 1. The lowest BCUT2D eigenvalue weighted by Gasteiger charge is -2.07. The van der Waals surface area contributed by atoms with Gasteiger partial charge in [0.1, 0.15) is 0 Å². The fraction of sp³-hybridized carbons (Fsp3) is 0.105. The van der Waals surface area contributed by atoms with Crippen LogP contribution < -0.4 is 10.9 Å². The van der Waals surface area contributed by atoms with Gasteiger partial charge in [0.15, 0.2) is 10.1 Å². The third-order valence-electron chi connectivity index (χ3n) is 3.85. The van der Waals surface area contributed by atoms with Gasteiger partial charge in [-0.3, -0.25) is 9.59 Å². The molecule has 0 atom stereocenters. The first-order valence-corrected chi connectivity index (χ1v) is 11.2. The van der Waals surface area contributed by atoms with Crippen LogP contribution in [0.1, 0.15) is 5.56 Å². The van der Waals surface area contributed by atoms with Gasteiger partial charge in [-0.2, -0.15) is 0 Å². The number of sulfone groups is 1. The Hall–Kier alpha value is -2.62. The van der Waals surface area contributed by atoms with Crippen LogP contribution in [-0.2, 0) is 14.6 Å². The number of nitrogens with one attached hydrogen (secondary N) is 2. The van der Waals surface area contributed by atoms with Gasteiger partial charge < -0.3 is 10.3 Å². The number of hydrogen-bond donors (Lipinski definition) is 2. The van der Waals surface area contributed by atoms with Crippen molar-refractivity contribution >= 4 is 44.8 Å². The summed E-state index contributed by atoms with van der Waals surface area (Å²) in [4.78, 5) is 30.3. The quantitative estimate of drug-likeness (QED) is 0.441. The lowest BCUT2D eigenvalue weighted by molar-refractivity contribution is -0.113. The van der Waals surface area contributed by atoms with Crippen LogP contribution >= 0.6 is 23.4 Å². The van der Waals surface area contributed by atoms with Crippen LogP contribution in [0.5, 0.6) is 0 Å². The Labute approximate surface area is 176 Å². The average Bonchev–Trinajstić information content (AvgIpc) is 2.68. The largest absolute Gasteiger partial charge is 0.324 e. The molecule has 7 nitrogen and oxygen atoms in total. The molecular formula is C19H16ClN3O4S2. The summed E-state index contributed by atoms with van der Waals surface area (Å²) < 4.78 is 25.3. The van der Waals surface area contributed by atoms with E-state index in [4.69, 9.17) is 11.6 Å². The van der Waals surface area contributed by atoms with Crippen LogP contribution in [0.25, 0.3) is 0 Å². The predicted octanol–water partition coefficient (Wildman–Crippen LogP) is 3.30. The minimum absolute atomic E-state index is 0.00919. The van der Waals surface area contributed by atoms with Crippen LogP contribution in [0.3, 0.4) is 0 Å². The summed E-state index contributed by atoms with van der Waals surface area (Å²) in [7, 11) is -3.99. The number of aromatic amines is 1. The second kappa shape index (κ2) is 8.81. The number of thioether (sulfide) groups is 1. The molecule has 10 heteroatoms. The summed E-state index contributed by atoms with van der Waals surface area (Å²) in [6.45, 7) is 1.83. The highest BCUT2D eigenvalue weighted by molar-refractivity contribution is 7.99. The Morgan fingerprint density at radius 1 is 1.17 bits per heavy atom. The standard InChI is InChI=1S/C19H16ClN3O4S2/c1-12-6-8-13(9-7-12)29(26,27)16-10-21-19(23-18(16)25)28-11-17(24)22-15-5-3-2-4-14(15)20/h2-10H,11H2,1H3,(H,22,24)(H,21,23,25). The fourth-order valence-electron chi connectivity index (χ4n) is 2.36. The van der Waals surface area contributed by atoms with Gasteiger partial charge in [0.05, 0.1) is 27.6 Å². The molecule has 2 aromatic carbocycles. The summed E-state index contributed by atoms with van der Waals surface area (Å²) in [5.41, 5.74) is 0.577. The van der Waals surface area contributed by atoms with Gasteiger partial charge in [-0.15, -0.1) is 0 Å². The molecule has 3 rings (SSSR count). The van der Waals surface area contributed by atoms with Gasteiger partial charge in [0.25, 0.3) is 5.56 Å². The van der Waals surface area contributed by atoms with E-state index in [0.717, 1.165) is 23.5 Å². The van der Waals surface area contributed by atoms with E-state index < -0.39 is 20.3 Å². The van der Waals surface area contributed by atoms with Crippen molar-refractivity contribution in [1.82, 2.24) is 9.97 Å². The number of aromatic nitrogens is 2. The summed E-state index contributed by atoms with van der Waals surface area (Å²) in [5.74, 6) is -0.389. The van der Waals surface area contributed by atoms with Gasteiger partial charge in [0, 0.05) is 0 Å².